The number of likely N-dealkylation sites (tertiary alicyclic amines) is 1. The monoisotopic (exact) mass is 211 g/mol. The Hall–Kier alpha value is -1.33. The predicted octanol–water partition coefficient (Wildman–Crippen LogP) is 0.544. The maximum atomic E-state index is 10.6. The van der Waals surface area contributed by atoms with E-state index < -0.39 is 5.97 Å². The minimum Gasteiger partial charge on any atom is -0.475 e. The van der Waals surface area contributed by atoms with Crippen LogP contribution in [0, 0.1) is 0 Å². The molecule has 0 unspecified atom stereocenters. The van der Waals surface area contributed by atoms with Crippen molar-refractivity contribution in [3.63, 3.8) is 0 Å². The predicted molar refractivity (Wildman–Crippen MR) is 51.6 cm³/mol. The van der Waals surface area contributed by atoms with E-state index in [0.717, 1.165) is 13.0 Å². The average molecular weight is 211 g/mol. The maximum absolute atomic E-state index is 10.6. The average Bonchev–Trinajstić information content (AvgIpc) is 2.76. The summed E-state index contributed by atoms with van der Waals surface area (Å²) in [7, 11) is 0. The number of carboxylic acids is 1. The number of aliphatic hydroxyl groups is 1. The van der Waals surface area contributed by atoms with E-state index in [1.807, 2.05) is 4.90 Å². The van der Waals surface area contributed by atoms with Crippen LogP contribution in [0.2, 0.25) is 0 Å². The number of hydrogen-bond acceptors (Lipinski definition) is 4. The Morgan fingerprint density at radius 3 is 2.93 bits per heavy atom. The second-order valence-electron chi connectivity index (χ2n) is 3.75. The molecule has 0 aromatic carbocycles. The molecule has 0 amide bonds. The molecule has 2 N–H and O–H groups in total. The first-order valence-electron chi connectivity index (χ1n) is 4.87. The molecular weight excluding hydrogens is 198 g/mol. The number of carbonyl (C=O) groups is 1. The summed E-state index contributed by atoms with van der Waals surface area (Å²) in [5, 5.41) is 18.0. The largest absolute Gasteiger partial charge is 0.475 e. The van der Waals surface area contributed by atoms with E-state index in [0.29, 0.717) is 18.8 Å². The van der Waals surface area contributed by atoms with Crippen LogP contribution in [0.5, 0.6) is 0 Å². The number of β-amino-alcohol motifs (C(OH)–C–C–N with tert-alkyl or cyclic N) is 1. The van der Waals surface area contributed by atoms with Gasteiger partial charge in [-0.1, -0.05) is 0 Å². The van der Waals surface area contributed by atoms with Crippen LogP contribution in [0.1, 0.15) is 22.7 Å². The molecule has 1 aromatic heterocycles. The van der Waals surface area contributed by atoms with Gasteiger partial charge in [-0.05, 0) is 18.6 Å². The molecule has 0 aliphatic carbocycles. The van der Waals surface area contributed by atoms with Gasteiger partial charge in [0.2, 0.25) is 5.76 Å². The Morgan fingerprint density at radius 2 is 2.40 bits per heavy atom. The van der Waals surface area contributed by atoms with Crippen molar-refractivity contribution in [3.8, 4) is 0 Å². The Balaban J connectivity index is 1.96. The second kappa shape index (κ2) is 4.04. The lowest BCUT2D eigenvalue weighted by Crippen LogP contribution is -2.21. The molecule has 0 spiro atoms. The quantitative estimate of drug-likeness (QED) is 0.763. The van der Waals surface area contributed by atoms with Crippen LogP contribution in [-0.4, -0.2) is 40.3 Å². The minimum atomic E-state index is -1.05. The molecule has 2 heterocycles. The molecule has 0 radical (unpaired) electrons. The standard InChI is InChI=1S/C10H13NO4/c12-7-3-4-11(5-7)6-8-1-2-9(15-8)10(13)14/h1-2,7,12H,3-6H2,(H,13,14)/t7-/m0/s1. The summed E-state index contributed by atoms with van der Waals surface area (Å²) in [4.78, 5) is 12.6. The number of furan rings is 1. The molecule has 0 saturated carbocycles. The molecule has 5 heteroatoms. The zero-order chi connectivity index (χ0) is 10.8. The Labute approximate surface area is 86.9 Å². The zero-order valence-corrected chi connectivity index (χ0v) is 8.22. The van der Waals surface area contributed by atoms with Crippen LogP contribution in [0.4, 0.5) is 0 Å². The van der Waals surface area contributed by atoms with Gasteiger partial charge in [0, 0.05) is 13.1 Å². The van der Waals surface area contributed by atoms with Gasteiger partial charge in [-0.3, -0.25) is 4.90 Å². The lowest BCUT2D eigenvalue weighted by molar-refractivity contribution is 0.0658. The van der Waals surface area contributed by atoms with Crippen molar-refractivity contribution in [1.82, 2.24) is 4.90 Å². The van der Waals surface area contributed by atoms with E-state index >= 15 is 0 Å². The fraction of sp³-hybridized carbons (Fsp3) is 0.500. The van der Waals surface area contributed by atoms with Crippen LogP contribution < -0.4 is 0 Å². The first-order chi connectivity index (χ1) is 7.15. The molecule has 0 bridgehead atoms. The summed E-state index contributed by atoms with van der Waals surface area (Å²) < 4.78 is 5.12. The SMILES string of the molecule is O=C(O)c1ccc(CN2CC[C@H](O)C2)o1. The highest BCUT2D eigenvalue weighted by Gasteiger charge is 2.21. The van der Waals surface area contributed by atoms with Crippen LogP contribution >= 0.6 is 0 Å². The van der Waals surface area contributed by atoms with Gasteiger partial charge in [-0.15, -0.1) is 0 Å². The minimum absolute atomic E-state index is 0.0373. The summed E-state index contributed by atoms with van der Waals surface area (Å²) in [5.74, 6) is -0.464. The highest BCUT2D eigenvalue weighted by Crippen LogP contribution is 2.15. The summed E-state index contributed by atoms with van der Waals surface area (Å²) in [5.41, 5.74) is 0. The van der Waals surface area contributed by atoms with Crippen LogP contribution in [0.25, 0.3) is 0 Å². The molecule has 1 aliphatic rings. The van der Waals surface area contributed by atoms with E-state index in [4.69, 9.17) is 9.52 Å². The first kappa shape index (κ1) is 10.2. The third-order valence-corrected chi connectivity index (χ3v) is 2.50. The topological polar surface area (TPSA) is 73.9 Å². The van der Waals surface area contributed by atoms with Crippen molar-refractivity contribution in [1.29, 1.82) is 0 Å². The molecule has 2 rings (SSSR count). The summed E-state index contributed by atoms with van der Waals surface area (Å²) in [6, 6.07) is 3.11. The van der Waals surface area contributed by atoms with E-state index in [-0.39, 0.29) is 11.9 Å². The smallest absolute Gasteiger partial charge is 0.371 e. The molecule has 1 atom stereocenters. The van der Waals surface area contributed by atoms with Crippen molar-refractivity contribution in [2.24, 2.45) is 0 Å². The summed E-state index contributed by atoms with van der Waals surface area (Å²) >= 11 is 0. The number of aliphatic hydroxyl groups excluding tert-OH is 1. The molecule has 1 aromatic rings. The van der Waals surface area contributed by atoms with Crippen molar-refractivity contribution < 1.29 is 19.4 Å². The van der Waals surface area contributed by atoms with Gasteiger partial charge in [0.15, 0.2) is 0 Å². The second-order valence-corrected chi connectivity index (χ2v) is 3.75. The van der Waals surface area contributed by atoms with Crippen molar-refractivity contribution in [3.05, 3.63) is 23.7 Å². The molecule has 5 nitrogen and oxygen atoms in total. The van der Waals surface area contributed by atoms with Gasteiger partial charge in [-0.2, -0.15) is 0 Å². The number of carboxylic acid groups (broad SMARTS) is 1. The van der Waals surface area contributed by atoms with Crippen molar-refractivity contribution in [2.75, 3.05) is 13.1 Å². The highest BCUT2D eigenvalue weighted by atomic mass is 16.4. The molecule has 15 heavy (non-hydrogen) atoms. The van der Waals surface area contributed by atoms with E-state index in [1.54, 1.807) is 6.07 Å². The fourth-order valence-corrected chi connectivity index (χ4v) is 1.75. The van der Waals surface area contributed by atoms with Gasteiger partial charge in [-0.25, -0.2) is 4.79 Å². The fourth-order valence-electron chi connectivity index (χ4n) is 1.75. The van der Waals surface area contributed by atoms with E-state index in [9.17, 15) is 9.90 Å². The van der Waals surface area contributed by atoms with Crippen molar-refractivity contribution >= 4 is 5.97 Å². The lowest BCUT2D eigenvalue weighted by atomic mass is 10.3. The number of rotatable bonds is 3. The Morgan fingerprint density at radius 1 is 1.60 bits per heavy atom. The molecular formula is C10H13NO4. The zero-order valence-electron chi connectivity index (χ0n) is 8.22. The van der Waals surface area contributed by atoms with Gasteiger partial charge < -0.3 is 14.6 Å². The molecule has 1 fully saturated rings. The molecule has 1 aliphatic heterocycles. The van der Waals surface area contributed by atoms with Gasteiger partial charge >= 0.3 is 5.97 Å². The van der Waals surface area contributed by atoms with Gasteiger partial charge in [0.1, 0.15) is 5.76 Å². The highest BCUT2D eigenvalue weighted by molar-refractivity contribution is 5.84. The van der Waals surface area contributed by atoms with Gasteiger partial charge in [0.05, 0.1) is 12.6 Å². The lowest BCUT2D eigenvalue weighted by Gasteiger charge is -2.12. The third kappa shape index (κ3) is 2.37. The van der Waals surface area contributed by atoms with Gasteiger partial charge in [0.25, 0.3) is 0 Å². The number of hydrogen-bond donors (Lipinski definition) is 2. The Bertz CT molecular complexity index is 360. The third-order valence-electron chi connectivity index (χ3n) is 2.50. The maximum Gasteiger partial charge on any atom is 0.371 e. The molecule has 1 saturated heterocycles. The normalized spacial score (nSPS) is 22.1. The first-order valence-corrected chi connectivity index (χ1v) is 4.87. The number of aromatic carboxylic acids is 1. The summed E-state index contributed by atoms with van der Waals surface area (Å²) in [6.45, 7) is 2.01. The van der Waals surface area contributed by atoms with E-state index in [1.165, 1.54) is 6.07 Å². The van der Waals surface area contributed by atoms with E-state index in [2.05, 4.69) is 0 Å². The van der Waals surface area contributed by atoms with Crippen LogP contribution in [0.15, 0.2) is 16.5 Å². The molecule has 82 valence electrons. The Kier molecular flexibility index (Phi) is 2.75. The van der Waals surface area contributed by atoms with Crippen molar-refractivity contribution in [2.45, 2.75) is 19.1 Å². The summed E-state index contributed by atoms with van der Waals surface area (Å²) in [6.07, 6.45) is 0.505. The van der Waals surface area contributed by atoms with Crippen LogP contribution in [0.3, 0.4) is 0 Å². The van der Waals surface area contributed by atoms with Crippen LogP contribution in [-0.2, 0) is 6.54 Å². The number of nitrogens with zero attached hydrogens (tertiary/aromatic N) is 1.